The van der Waals surface area contributed by atoms with E-state index < -0.39 is 0 Å². The molecule has 0 spiro atoms. The highest BCUT2D eigenvalue weighted by molar-refractivity contribution is 5.76. The lowest BCUT2D eigenvalue weighted by Crippen LogP contribution is -2.16. The van der Waals surface area contributed by atoms with E-state index in [9.17, 15) is 9.59 Å². The summed E-state index contributed by atoms with van der Waals surface area (Å²) in [6, 6.07) is 27.5. The molecule has 8 nitrogen and oxygen atoms in total. The molecule has 0 unspecified atom stereocenters. The van der Waals surface area contributed by atoms with Gasteiger partial charge in [-0.3, -0.25) is 18.7 Å². The van der Waals surface area contributed by atoms with E-state index in [4.69, 9.17) is 9.97 Å². The number of fused-ring (bicyclic) bond motifs is 2. The fourth-order valence-corrected chi connectivity index (χ4v) is 6.75. The van der Waals surface area contributed by atoms with E-state index in [2.05, 4.69) is 48.1 Å². The monoisotopic (exact) mass is 664 g/mol. The smallest absolute Gasteiger partial charge is 0.282 e. The summed E-state index contributed by atoms with van der Waals surface area (Å²) in [6.45, 7) is 4.42. The normalized spacial score (nSPS) is 11.6. The molecule has 0 atom stereocenters. The SMILES string of the molecule is CCCCCCc1cn2c(=O)c(-c3ccccc3)nc-2c(-c2ccc(-c3[nH]c(CCCCCC)cn4c(=O)c(-c5ccccc5)nc3-4)cc2)[nH]1. The van der Waals surface area contributed by atoms with Crippen LogP contribution in [0.3, 0.4) is 0 Å². The van der Waals surface area contributed by atoms with Crippen LogP contribution in [-0.2, 0) is 12.8 Å². The van der Waals surface area contributed by atoms with Gasteiger partial charge in [-0.05, 0) is 25.7 Å². The summed E-state index contributed by atoms with van der Waals surface area (Å²) in [5, 5.41) is 0. The van der Waals surface area contributed by atoms with E-state index in [0.717, 1.165) is 83.6 Å². The molecule has 0 aliphatic carbocycles. The first-order valence-electron chi connectivity index (χ1n) is 18.1. The number of nitrogens with one attached hydrogen (secondary N) is 2. The molecule has 3 aromatic rings. The highest BCUT2D eigenvalue weighted by Crippen LogP contribution is 2.32. The molecule has 0 saturated heterocycles. The first-order chi connectivity index (χ1) is 24.6. The zero-order valence-corrected chi connectivity index (χ0v) is 28.9. The number of hydrogen-bond donors (Lipinski definition) is 2. The van der Waals surface area contributed by atoms with Gasteiger partial charge in [0.2, 0.25) is 0 Å². The molecule has 3 aromatic carbocycles. The minimum Gasteiger partial charge on any atom is -0.354 e. The third kappa shape index (κ3) is 6.70. The predicted octanol–water partition coefficient (Wildman–Crippen LogP) is 9.22. The van der Waals surface area contributed by atoms with E-state index in [1.54, 1.807) is 9.13 Å². The van der Waals surface area contributed by atoms with Crippen LogP contribution in [0.1, 0.15) is 76.6 Å². The molecule has 0 amide bonds. The van der Waals surface area contributed by atoms with Gasteiger partial charge in [-0.1, -0.05) is 137 Å². The van der Waals surface area contributed by atoms with Crippen molar-refractivity contribution in [3.05, 3.63) is 129 Å². The van der Waals surface area contributed by atoms with Crippen LogP contribution in [0, 0.1) is 0 Å². The Morgan fingerprint density at radius 1 is 0.500 bits per heavy atom. The van der Waals surface area contributed by atoms with Crippen LogP contribution < -0.4 is 11.1 Å². The Balaban J connectivity index is 1.31. The number of aromatic amines is 2. The lowest BCUT2D eigenvalue weighted by Gasteiger charge is -2.15. The Morgan fingerprint density at radius 2 is 0.900 bits per heavy atom. The van der Waals surface area contributed by atoms with Crippen molar-refractivity contribution >= 4 is 0 Å². The Hall–Kier alpha value is -5.50. The van der Waals surface area contributed by atoms with Gasteiger partial charge in [0.15, 0.2) is 11.6 Å². The van der Waals surface area contributed by atoms with E-state index >= 15 is 0 Å². The maximum atomic E-state index is 13.7. The molecular formula is C42H44N6O2. The van der Waals surface area contributed by atoms with E-state index in [1.165, 1.54) is 25.7 Å². The zero-order valence-electron chi connectivity index (χ0n) is 28.9. The van der Waals surface area contributed by atoms with Crippen LogP contribution in [0.4, 0.5) is 0 Å². The van der Waals surface area contributed by atoms with Gasteiger partial charge in [-0.2, -0.15) is 0 Å². The Labute approximate surface area is 292 Å². The molecule has 4 heterocycles. The molecule has 0 bridgehead atoms. The zero-order chi connectivity index (χ0) is 34.5. The Bertz CT molecular complexity index is 2070. The summed E-state index contributed by atoms with van der Waals surface area (Å²) >= 11 is 0. The minimum atomic E-state index is -0.123. The summed E-state index contributed by atoms with van der Waals surface area (Å²) in [6.07, 6.45) is 14.6. The largest absolute Gasteiger partial charge is 0.354 e. The van der Waals surface area contributed by atoms with Gasteiger partial charge in [-0.15, -0.1) is 0 Å². The molecule has 2 N–H and O–H groups in total. The highest BCUT2D eigenvalue weighted by Gasteiger charge is 2.24. The van der Waals surface area contributed by atoms with Gasteiger partial charge in [0, 0.05) is 46.0 Å². The lowest BCUT2D eigenvalue weighted by molar-refractivity contribution is 0.657. The van der Waals surface area contributed by atoms with Crippen molar-refractivity contribution in [2.75, 3.05) is 0 Å². The lowest BCUT2D eigenvalue weighted by atomic mass is 10.0. The molecule has 8 heteroatoms. The average Bonchev–Trinajstić information content (AvgIpc) is 3.68. The summed E-state index contributed by atoms with van der Waals surface area (Å²) in [5.74, 6) is 1.19. The Kier molecular flexibility index (Phi) is 9.87. The van der Waals surface area contributed by atoms with Gasteiger partial charge in [0.25, 0.3) is 11.1 Å². The number of H-pyrrole nitrogens is 2. The van der Waals surface area contributed by atoms with E-state index in [0.29, 0.717) is 23.0 Å². The molecule has 0 saturated carbocycles. The number of benzene rings is 3. The van der Waals surface area contributed by atoms with Crippen LogP contribution in [0.2, 0.25) is 0 Å². The van der Waals surface area contributed by atoms with Crippen molar-refractivity contribution < 1.29 is 0 Å². The summed E-state index contributed by atoms with van der Waals surface area (Å²) in [4.78, 5) is 44.5. The Morgan fingerprint density at radius 3 is 1.28 bits per heavy atom. The number of rotatable bonds is 14. The van der Waals surface area contributed by atoms with Crippen molar-refractivity contribution in [1.29, 1.82) is 0 Å². The molecule has 4 aliphatic heterocycles. The molecule has 0 aromatic heterocycles. The summed E-state index contributed by atoms with van der Waals surface area (Å²) in [5.41, 5.74) is 7.68. The summed E-state index contributed by atoms with van der Waals surface area (Å²) in [7, 11) is 0. The van der Waals surface area contributed by atoms with Crippen molar-refractivity contribution in [2.45, 2.75) is 78.1 Å². The molecular weight excluding hydrogens is 621 g/mol. The fourth-order valence-electron chi connectivity index (χ4n) is 6.75. The van der Waals surface area contributed by atoms with Crippen LogP contribution in [0.5, 0.6) is 0 Å². The predicted molar refractivity (Wildman–Crippen MR) is 202 cm³/mol. The second-order valence-corrected chi connectivity index (χ2v) is 13.2. The number of aromatic nitrogens is 6. The standard InChI is InChI=1S/C42H44N6O2/c1-3-5-7-15-21-33-27-47-39(45-37(41(47)49)29-17-11-9-12-18-29)35(43-33)31-23-25-32(26-24-31)36-40-46-38(30-19-13-10-14-20-30)42(50)48(40)28-34(44-36)22-16-8-6-4-2/h9-14,17-20,23-28,43-44H,3-8,15-16,21-22H2,1-2H3. The van der Waals surface area contributed by atoms with Gasteiger partial charge >= 0.3 is 0 Å². The van der Waals surface area contributed by atoms with Gasteiger partial charge < -0.3 is 9.97 Å². The van der Waals surface area contributed by atoms with Crippen LogP contribution in [-0.4, -0.2) is 29.1 Å². The van der Waals surface area contributed by atoms with Crippen molar-refractivity contribution in [3.8, 4) is 56.7 Å². The van der Waals surface area contributed by atoms with Crippen molar-refractivity contribution in [3.63, 3.8) is 0 Å². The number of aryl methyl sites for hydroxylation is 2. The summed E-state index contributed by atoms with van der Waals surface area (Å²) < 4.78 is 3.39. The molecule has 0 radical (unpaired) electrons. The van der Waals surface area contributed by atoms with Crippen molar-refractivity contribution in [1.82, 2.24) is 29.1 Å². The third-order valence-corrected chi connectivity index (χ3v) is 9.48. The van der Waals surface area contributed by atoms with E-state index in [1.807, 2.05) is 73.1 Å². The molecule has 254 valence electrons. The average molecular weight is 665 g/mol. The van der Waals surface area contributed by atoms with E-state index in [-0.39, 0.29) is 11.1 Å². The number of hydrogen-bond acceptors (Lipinski definition) is 4. The molecule has 0 fully saturated rings. The van der Waals surface area contributed by atoms with Gasteiger partial charge in [0.05, 0.1) is 11.4 Å². The number of unbranched alkanes of at least 4 members (excludes halogenated alkanes) is 6. The number of nitrogens with zero attached hydrogens (tertiary/aromatic N) is 4. The van der Waals surface area contributed by atoms with Crippen LogP contribution in [0.15, 0.2) is 107 Å². The fraction of sp³-hybridized carbons (Fsp3) is 0.286. The first kappa shape index (κ1) is 33.0. The topological polar surface area (TPSA) is 101 Å². The first-order valence-corrected chi connectivity index (χ1v) is 18.1. The molecule has 7 rings (SSSR count). The van der Waals surface area contributed by atoms with Crippen LogP contribution in [0.25, 0.3) is 56.7 Å². The molecule has 4 aliphatic rings. The molecule has 50 heavy (non-hydrogen) atoms. The second kappa shape index (κ2) is 14.9. The quantitative estimate of drug-likeness (QED) is 0.113. The third-order valence-electron chi connectivity index (χ3n) is 9.48. The highest BCUT2D eigenvalue weighted by atomic mass is 16.1. The number of imidazole rings is 2. The van der Waals surface area contributed by atoms with Crippen LogP contribution >= 0.6 is 0 Å². The van der Waals surface area contributed by atoms with Crippen molar-refractivity contribution in [2.24, 2.45) is 0 Å². The maximum absolute atomic E-state index is 13.7. The second-order valence-electron chi connectivity index (χ2n) is 13.2. The van der Waals surface area contributed by atoms with Gasteiger partial charge in [-0.25, -0.2) is 9.97 Å². The maximum Gasteiger partial charge on any atom is 0.282 e. The van der Waals surface area contributed by atoms with Gasteiger partial charge in [0.1, 0.15) is 11.4 Å². The minimum absolute atomic E-state index is 0.123.